The molecule has 0 aliphatic carbocycles. The zero-order chi connectivity index (χ0) is 40.3. The summed E-state index contributed by atoms with van der Waals surface area (Å²) >= 11 is -2.77. The Hall–Kier alpha value is -3.99. The average molecular weight is 850 g/mol. The molecule has 1 N–H and O–H groups in total. The van der Waals surface area contributed by atoms with Crippen LogP contribution in [0.3, 0.4) is 0 Å². The van der Waals surface area contributed by atoms with Crippen molar-refractivity contribution in [2.45, 2.75) is 99.3 Å². The number of unbranched alkanes of at least 4 members (excludes halogenated alkanes) is 3. The molecule has 0 spiro atoms. The third-order valence-corrected chi connectivity index (χ3v) is 25.3. The van der Waals surface area contributed by atoms with Crippen LogP contribution >= 0.6 is 0 Å². The SMILES string of the molecule is CCCN(C)C(=O)c1cc(C(=O)O)cc(C(=O)c2ccccc2)c1.CCC[CH2][Sn]([CH2]CCC)([CH2]CCC)[c]1cc(C(=O)OC)cc(C(=O)N(C)CCC)c1. The topological polar surface area (TPSA) is 121 Å². The van der Waals surface area contributed by atoms with E-state index in [-0.39, 0.29) is 40.3 Å². The molecule has 0 atom stereocenters. The van der Waals surface area contributed by atoms with Gasteiger partial charge in [0.1, 0.15) is 0 Å². The van der Waals surface area contributed by atoms with E-state index in [0.29, 0.717) is 29.8 Å². The molecule has 0 fully saturated rings. The van der Waals surface area contributed by atoms with E-state index in [0.717, 1.165) is 12.8 Å². The van der Waals surface area contributed by atoms with E-state index in [1.807, 2.05) is 14.0 Å². The second-order valence-electron chi connectivity index (χ2n) is 14.1. The van der Waals surface area contributed by atoms with Crippen molar-refractivity contribution in [3.05, 3.63) is 100 Å². The molecule has 3 rings (SSSR count). The number of carboxylic acids is 1. The zero-order valence-corrected chi connectivity index (χ0v) is 36.7. The van der Waals surface area contributed by atoms with Gasteiger partial charge in [-0.05, 0) is 24.6 Å². The van der Waals surface area contributed by atoms with Gasteiger partial charge in [0.2, 0.25) is 0 Å². The van der Waals surface area contributed by atoms with Gasteiger partial charge in [0, 0.05) is 30.3 Å². The van der Waals surface area contributed by atoms with Gasteiger partial charge in [-0.15, -0.1) is 0 Å². The Morgan fingerprint density at radius 3 is 1.44 bits per heavy atom. The van der Waals surface area contributed by atoms with Crippen molar-refractivity contribution in [1.29, 1.82) is 0 Å². The van der Waals surface area contributed by atoms with Crippen molar-refractivity contribution in [3.63, 3.8) is 0 Å². The summed E-state index contributed by atoms with van der Waals surface area (Å²) in [5, 5.41) is 9.27. The molecular weight excluding hydrogens is 787 g/mol. The fraction of sp³-hybridized carbons (Fsp3) is 0.477. The molecule has 54 heavy (non-hydrogen) atoms. The number of rotatable bonds is 20. The molecule has 294 valence electrons. The Balaban J connectivity index is 0.000000382. The number of carboxylic acid groups (broad SMARTS) is 1. The van der Waals surface area contributed by atoms with Crippen LogP contribution in [0.1, 0.15) is 143 Å². The van der Waals surface area contributed by atoms with Crippen molar-refractivity contribution in [3.8, 4) is 0 Å². The predicted octanol–water partition coefficient (Wildman–Crippen LogP) is 9.11. The van der Waals surface area contributed by atoms with E-state index in [2.05, 4.69) is 39.8 Å². The molecule has 10 heteroatoms. The van der Waals surface area contributed by atoms with E-state index in [1.54, 1.807) is 48.3 Å². The van der Waals surface area contributed by atoms with Gasteiger partial charge in [0.05, 0.1) is 5.56 Å². The molecule has 3 aromatic carbocycles. The van der Waals surface area contributed by atoms with Crippen LogP contribution in [0, 0.1) is 0 Å². The van der Waals surface area contributed by atoms with E-state index in [9.17, 15) is 29.1 Å². The van der Waals surface area contributed by atoms with Gasteiger partial charge in [0.15, 0.2) is 5.78 Å². The van der Waals surface area contributed by atoms with E-state index < -0.39 is 24.3 Å². The molecule has 0 heterocycles. The number of esters is 1. The molecule has 0 saturated heterocycles. The number of hydrogen-bond donors (Lipinski definition) is 1. The summed E-state index contributed by atoms with van der Waals surface area (Å²) in [5.74, 6) is -2.13. The molecule has 0 aromatic heterocycles. The molecule has 9 nitrogen and oxygen atoms in total. The first kappa shape index (κ1) is 46.2. The Morgan fingerprint density at radius 2 is 1.00 bits per heavy atom. The summed E-state index contributed by atoms with van der Waals surface area (Å²) in [6.45, 7) is 12.1. The van der Waals surface area contributed by atoms with Crippen LogP contribution in [-0.4, -0.2) is 97.1 Å². The molecule has 0 unspecified atom stereocenters. The molecule has 0 aliphatic rings. The minimum absolute atomic E-state index is 0.00511. The Bertz CT molecular complexity index is 1670. The first-order valence-corrected chi connectivity index (χ1v) is 27.0. The Morgan fingerprint density at radius 1 is 0.574 bits per heavy atom. The number of nitrogens with zero attached hydrogens (tertiary/aromatic N) is 2. The van der Waals surface area contributed by atoms with Crippen molar-refractivity contribution < 1.29 is 33.8 Å². The second kappa shape index (κ2) is 23.7. The summed E-state index contributed by atoms with van der Waals surface area (Å²) in [5.41, 5.74) is 1.94. The number of amides is 2. The van der Waals surface area contributed by atoms with Gasteiger partial charge in [-0.25, -0.2) is 4.79 Å². The van der Waals surface area contributed by atoms with Gasteiger partial charge in [0.25, 0.3) is 5.91 Å². The van der Waals surface area contributed by atoms with Crippen molar-refractivity contribution in [2.24, 2.45) is 0 Å². The van der Waals surface area contributed by atoms with E-state index in [1.165, 1.54) is 85.6 Å². The molecule has 0 aliphatic heterocycles. The molecule has 0 radical (unpaired) electrons. The summed E-state index contributed by atoms with van der Waals surface area (Å²) in [7, 11) is 4.91. The van der Waals surface area contributed by atoms with Gasteiger partial charge in [-0.2, -0.15) is 0 Å². The van der Waals surface area contributed by atoms with Crippen LogP contribution in [0.4, 0.5) is 0 Å². The molecule has 0 bridgehead atoms. The van der Waals surface area contributed by atoms with E-state index >= 15 is 0 Å². The fourth-order valence-corrected chi connectivity index (χ4v) is 22.8. The maximum atomic E-state index is 13.1. The van der Waals surface area contributed by atoms with Crippen LogP contribution in [0.2, 0.25) is 13.3 Å². The number of ketones is 1. The number of hydrogen-bond acceptors (Lipinski definition) is 6. The van der Waals surface area contributed by atoms with Crippen LogP contribution in [-0.2, 0) is 4.74 Å². The molecular formula is C44H62N2O7Sn. The Kier molecular flexibility index (Phi) is 20.3. The van der Waals surface area contributed by atoms with Gasteiger partial charge in [-0.3, -0.25) is 9.59 Å². The van der Waals surface area contributed by atoms with Crippen LogP contribution in [0.15, 0.2) is 66.7 Å². The minimum atomic E-state index is -2.77. The average Bonchev–Trinajstić information content (AvgIpc) is 3.19. The van der Waals surface area contributed by atoms with Gasteiger partial charge in [-0.1, -0.05) is 37.3 Å². The third kappa shape index (κ3) is 13.4. The van der Waals surface area contributed by atoms with Gasteiger partial charge >= 0.3 is 195 Å². The van der Waals surface area contributed by atoms with Crippen molar-refractivity contribution >= 4 is 51.5 Å². The quantitative estimate of drug-likeness (QED) is 0.0684. The van der Waals surface area contributed by atoms with Gasteiger partial charge < -0.3 is 10.0 Å². The van der Waals surface area contributed by atoms with Crippen LogP contribution < -0.4 is 3.58 Å². The molecule has 0 saturated carbocycles. The maximum absolute atomic E-state index is 13.1. The normalized spacial score (nSPS) is 10.9. The number of carbonyl (C=O) groups is 5. The van der Waals surface area contributed by atoms with Crippen molar-refractivity contribution in [1.82, 2.24) is 9.80 Å². The summed E-state index contributed by atoms with van der Waals surface area (Å²) in [6.07, 6.45) is 9.01. The van der Waals surface area contributed by atoms with Crippen molar-refractivity contribution in [2.75, 3.05) is 34.3 Å². The summed E-state index contributed by atoms with van der Waals surface area (Å²) in [6, 6.07) is 18.6. The van der Waals surface area contributed by atoms with E-state index in [4.69, 9.17) is 4.74 Å². The Labute approximate surface area is 327 Å². The predicted molar refractivity (Wildman–Crippen MR) is 220 cm³/mol. The second-order valence-corrected chi connectivity index (χ2v) is 27.4. The summed E-state index contributed by atoms with van der Waals surface area (Å²) < 4.78 is 10.3. The number of benzene rings is 3. The number of ether oxygens (including phenoxy) is 1. The molecule has 3 aromatic rings. The first-order valence-electron chi connectivity index (χ1n) is 19.6. The zero-order valence-electron chi connectivity index (χ0n) is 33.8. The molecule has 2 amide bonds. The van der Waals surface area contributed by atoms with Crippen LogP contribution in [0.25, 0.3) is 0 Å². The number of carbonyl (C=O) groups excluding carboxylic acids is 4. The monoisotopic (exact) mass is 850 g/mol. The number of methoxy groups -OCH3 is 1. The van der Waals surface area contributed by atoms with Crippen LogP contribution in [0.5, 0.6) is 0 Å². The fourth-order valence-electron chi connectivity index (χ4n) is 6.72. The number of aromatic carboxylic acids is 1. The first-order chi connectivity index (χ1) is 25.8. The summed E-state index contributed by atoms with van der Waals surface area (Å²) in [4.78, 5) is 65.2. The third-order valence-electron chi connectivity index (χ3n) is 9.78. The standard InChI is InChI=1S/C19H19NO4.C13H16NO3.3C4H9.Sn/c1-3-9-20(2)18(22)15-10-14(11-16(12-15)19(23)24)17(21)13-7-5-4-6-8-13;1-4-8-14(2)12(15)10-6-5-7-11(9-10)13(16)17-3;3*1-3-4-2;/h4-8,10-12H,3,9H2,1-2H3,(H,23,24);6-7,9H,4,8H2,1-3H3;3*1,3-4H2,2H3;.